The minimum Gasteiger partial charge on any atom is -0.495 e. The van der Waals surface area contributed by atoms with Crippen molar-refractivity contribution < 1.29 is 9.53 Å². The van der Waals surface area contributed by atoms with Gasteiger partial charge in [-0.2, -0.15) is 0 Å². The van der Waals surface area contributed by atoms with Crippen molar-refractivity contribution in [2.75, 3.05) is 35.7 Å². The highest BCUT2D eigenvalue weighted by Gasteiger charge is 2.23. The second-order valence-corrected chi connectivity index (χ2v) is 8.40. The molecule has 2 aliphatic rings. The number of nitrogens with zero attached hydrogens (tertiary/aromatic N) is 3. The van der Waals surface area contributed by atoms with Crippen LogP contribution in [0.4, 0.5) is 17.3 Å². The Morgan fingerprint density at radius 2 is 1.97 bits per heavy atom. The summed E-state index contributed by atoms with van der Waals surface area (Å²) in [4.78, 5) is 23.6. The summed E-state index contributed by atoms with van der Waals surface area (Å²) in [5.74, 6) is 3.23. The quantitative estimate of drug-likeness (QED) is 0.686. The molecule has 1 aliphatic heterocycles. The zero-order chi connectivity index (χ0) is 20.9. The van der Waals surface area contributed by atoms with Crippen molar-refractivity contribution in [2.45, 2.75) is 51.5 Å². The van der Waals surface area contributed by atoms with Gasteiger partial charge < -0.3 is 20.3 Å². The Morgan fingerprint density at radius 3 is 2.70 bits per heavy atom. The summed E-state index contributed by atoms with van der Waals surface area (Å²) in [6.07, 6.45) is 7.71. The second kappa shape index (κ2) is 9.32. The van der Waals surface area contributed by atoms with Gasteiger partial charge in [0.1, 0.15) is 23.7 Å². The number of hydrogen-bond acceptors (Lipinski definition) is 6. The predicted octanol–water partition coefficient (Wildman–Crippen LogP) is 4.00. The number of ether oxygens (including phenoxy) is 1. The zero-order valence-corrected chi connectivity index (χ0v) is 17.9. The van der Waals surface area contributed by atoms with Gasteiger partial charge in [-0.05, 0) is 62.6 Å². The van der Waals surface area contributed by atoms with Gasteiger partial charge in [0.05, 0.1) is 12.8 Å². The van der Waals surface area contributed by atoms with E-state index in [1.165, 1.54) is 12.8 Å². The lowest BCUT2D eigenvalue weighted by Crippen LogP contribution is -2.34. The maximum absolute atomic E-state index is 12.5. The minimum absolute atomic E-state index is 0.0490. The summed E-state index contributed by atoms with van der Waals surface area (Å²) < 4.78 is 5.35. The van der Waals surface area contributed by atoms with Crippen molar-refractivity contribution in [3.05, 3.63) is 36.2 Å². The number of nitrogens with one attached hydrogen (secondary N) is 2. The van der Waals surface area contributed by atoms with Crippen LogP contribution in [0.15, 0.2) is 30.6 Å². The Hall–Kier alpha value is -2.83. The van der Waals surface area contributed by atoms with Crippen LogP contribution >= 0.6 is 0 Å². The summed E-state index contributed by atoms with van der Waals surface area (Å²) in [6, 6.07) is 8.46. The molecule has 0 atom stereocenters. The molecule has 30 heavy (non-hydrogen) atoms. The Labute approximate surface area is 178 Å². The van der Waals surface area contributed by atoms with Gasteiger partial charge >= 0.3 is 0 Å². The van der Waals surface area contributed by atoms with Crippen LogP contribution in [-0.4, -0.2) is 42.1 Å². The monoisotopic (exact) mass is 409 g/mol. The Bertz CT molecular complexity index is 876. The van der Waals surface area contributed by atoms with E-state index in [1.807, 2.05) is 25.1 Å². The van der Waals surface area contributed by atoms with Gasteiger partial charge in [-0.25, -0.2) is 9.97 Å². The van der Waals surface area contributed by atoms with Gasteiger partial charge in [-0.1, -0.05) is 6.07 Å². The summed E-state index contributed by atoms with van der Waals surface area (Å²) in [6.45, 7) is 3.95. The first-order valence-corrected chi connectivity index (χ1v) is 10.9. The van der Waals surface area contributed by atoms with Gasteiger partial charge in [-0.15, -0.1) is 0 Å². The van der Waals surface area contributed by atoms with E-state index in [-0.39, 0.29) is 5.91 Å². The molecule has 1 aliphatic carbocycles. The molecule has 160 valence electrons. The van der Waals surface area contributed by atoms with Crippen molar-refractivity contribution >= 4 is 23.2 Å². The van der Waals surface area contributed by atoms with Crippen LogP contribution in [0.3, 0.4) is 0 Å². The number of methoxy groups -OCH3 is 1. The van der Waals surface area contributed by atoms with Crippen molar-refractivity contribution in [3.8, 4) is 5.75 Å². The van der Waals surface area contributed by atoms with E-state index < -0.39 is 0 Å². The first-order valence-electron chi connectivity index (χ1n) is 10.9. The average Bonchev–Trinajstić information content (AvgIpc) is 3.57. The van der Waals surface area contributed by atoms with Crippen LogP contribution in [0.25, 0.3) is 0 Å². The van der Waals surface area contributed by atoms with Gasteiger partial charge in [-0.3, -0.25) is 4.79 Å². The van der Waals surface area contributed by atoms with E-state index in [4.69, 9.17) is 4.74 Å². The summed E-state index contributed by atoms with van der Waals surface area (Å²) >= 11 is 0. The number of carbonyl (C=O) groups is 1. The van der Waals surface area contributed by atoms with Crippen LogP contribution in [0, 0.1) is 12.8 Å². The third-order valence-electron chi connectivity index (χ3n) is 5.93. The van der Waals surface area contributed by atoms with Gasteiger partial charge in [0, 0.05) is 31.6 Å². The fourth-order valence-corrected chi connectivity index (χ4v) is 3.95. The number of benzene rings is 1. The Kier molecular flexibility index (Phi) is 6.35. The van der Waals surface area contributed by atoms with Crippen molar-refractivity contribution in [3.63, 3.8) is 0 Å². The number of rotatable bonds is 8. The van der Waals surface area contributed by atoms with Gasteiger partial charge in [0.2, 0.25) is 5.91 Å². The average molecular weight is 410 g/mol. The lowest BCUT2D eigenvalue weighted by Gasteiger charge is -2.32. The van der Waals surface area contributed by atoms with Crippen molar-refractivity contribution in [1.82, 2.24) is 9.97 Å². The highest BCUT2D eigenvalue weighted by molar-refractivity contribution is 5.92. The lowest BCUT2D eigenvalue weighted by atomic mass is 9.92. The van der Waals surface area contributed by atoms with E-state index >= 15 is 0 Å². The molecule has 2 fully saturated rings. The van der Waals surface area contributed by atoms with Crippen LogP contribution in [-0.2, 0) is 4.79 Å². The first kappa shape index (κ1) is 20.4. The SMILES string of the molecule is COc1ccc(C)cc1NC(=O)CCC1CCN(c2cc(NC3CC3)ncn2)CC1. The molecule has 1 saturated heterocycles. The molecule has 1 aromatic heterocycles. The standard InChI is InChI=1S/C23H31N5O2/c1-16-3-7-20(30-2)19(13-16)27-23(29)8-4-17-9-11-28(12-10-17)22-14-21(24-15-25-22)26-18-5-6-18/h3,7,13-15,17-18H,4-6,8-12H2,1-2H3,(H,27,29)(H,24,25,26). The fraction of sp³-hybridized carbons (Fsp3) is 0.522. The largest absolute Gasteiger partial charge is 0.495 e. The maximum atomic E-state index is 12.5. The molecule has 7 nitrogen and oxygen atoms in total. The molecule has 2 N–H and O–H groups in total. The summed E-state index contributed by atoms with van der Waals surface area (Å²) in [5.41, 5.74) is 1.84. The highest BCUT2D eigenvalue weighted by atomic mass is 16.5. The number of piperidine rings is 1. The Balaban J connectivity index is 1.23. The molecule has 0 unspecified atom stereocenters. The lowest BCUT2D eigenvalue weighted by molar-refractivity contribution is -0.116. The number of hydrogen-bond donors (Lipinski definition) is 2. The molecule has 0 bridgehead atoms. The maximum Gasteiger partial charge on any atom is 0.224 e. The fourth-order valence-electron chi connectivity index (χ4n) is 3.95. The van der Waals surface area contributed by atoms with Gasteiger partial charge in [0.15, 0.2) is 0 Å². The third kappa shape index (κ3) is 5.40. The number of anilines is 3. The third-order valence-corrected chi connectivity index (χ3v) is 5.93. The molecule has 4 rings (SSSR count). The topological polar surface area (TPSA) is 79.4 Å². The van der Waals surface area contributed by atoms with Crippen molar-refractivity contribution in [1.29, 1.82) is 0 Å². The van der Waals surface area contributed by atoms with Crippen molar-refractivity contribution in [2.24, 2.45) is 5.92 Å². The van der Waals surface area contributed by atoms with Crippen LogP contribution < -0.4 is 20.3 Å². The minimum atomic E-state index is 0.0490. The normalized spacial score (nSPS) is 16.9. The highest BCUT2D eigenvalue weighted by Crippen LogP contribution is 2.29. The van der Waals surface area contributed by atoms with E-state index in [9.17, 15) is 4.79 Å². The molecular weight excluding hydrogens is 378 g/mol. The van der Waals surface area contributed by atoms with E-state index in [1.54, 1.807) is 13.4 Å². The zero-order valence-electron chi connectivity index (χ0n) is 17.9. The molecule has 0 radical (unpaired) electrons. The molecule has 7 heteroatoms. The van der Waals surface area contributed by atoms with Crippen LogP contribution in [0.2, 0.25) is 0 Å². The van der Waals surface area contributed by atoms with E-state index in [2.05, 4.69) is 31.6 Å². The second-order valence-electron chi connectivity index (χ2n) is 8.40. The number of amides is 1. The number of carbonyl (C=O) groups excluding carboxylic acids is 1. The molecular formula is C23H31N5O2. The molecule has 2 aromatic rings. The molecule has 0 spiro atoms. The Morgan fingerprint density at radius 1 is 1.17 bits per heavy atom. The van der Waals surface area contributed by atoms with Crippen LogP contribution in [0.1, 0.15) is 44.1 Å². The van der Waals surface area contributed by atoms with Gasteiger partial charge in [0.25, 0.3) is 0 Å². The van der Waals surface area contributed by atoms with Crippen LogP contribution in [0.5, 0.6) is 5.75 Å². The summed E-state index contributed by atoms with van der Waals surface area (Å²) in [5, 5.41) is 6.44. The molecule has 2 heterocycles. The first-order chi connectivity index (χ1) is 14.6. The number of aryl methyl sites for hydroxylation is 1. The predicted molar refractivity (Wildman–Crippen MR) is 119 cm³/mol. The van der Waals surface area contributed by atoms with E-state index in [0.717, 1.165) is 55.2 Å². The molecule has 1 amide bonds. The molecule has 1 saturated carbocycles. The van der Waals surface area contributed by atoms with E-state index in [0.29, 0.717) is 24.1 Å². The number of aromatic nitrogens is 2. The smallest absolute Gasteiger partial charge is 0.224 e. The summed E-state index contributed by atoms with van der Waals surface area (Å²) in [7, 11) is 1.62. The molecule has 1 aromatic carbocycles.